The van der Waals surface area contributed by atoms with Gasteiger partial charge in [0, 0.05) is 36.3 Å². The highest BCUT2D eigenvalue weighted by Crippen LogP contribution is 2.29. The zero-order chi connectivity index (χ0) is 21.4. The van der Waals surface area contributed by atoms with Crippen LogP contribution in [0.25, 0.3) is 22.0 Å². The van der Waals surface area contributed by atoms with E-state index in [0.717, 1.165) is 35.0 Å². The van der Waals surface area contributed by atoms with E-state index in [1.54, 1.807) is 24.3 Å². The Morgan fingerprint density at radius 1 is 1.23 bits per heavy atom. The van der Waals surface area contributed by atoms with E-state index < -0.39 is 0 Å². The van der Waals surface area contributed by atoms with Gasteiger partial charge in [-0.15, -0.1) is 0 Å². The minimum absolute atomic E-state index is 0.0674. The molecule has 7 nitrogen and oxygen atoms in total. The average molecular weight is 410 g/mol. The summed E-state index contributed by atoms with van der Waals surface area (Å²) >= 11 is 0. The van der Waals surface area contributed by atoms with Crippen LogP contribution in [0.1, 0.15) is 29.3 Å². The summed E-state index contributed by atoms with van der Waals surface area (Å²) in [6, 6.07) is 15.6. The third-order valence-electron chi connectivity index (χ3n) is 6.10. The van der Waals surface area contributed by atoms with Crippen LogP contribution in [0.3, 0.4) is 0 Å². The van der Waals surface area contributed by atoms with E-state index in [9.17, 15) is 10.1 Å². The van der Waals surface area contributed by atoms with Gasteiger partial charge in [0.1, 0.15) is 0 Å². The summed E-state index contributed by atoms with van der Waals surface area (Å²) in [5.74, 6) is 0.243. The molecule has 1 fully saturated rings. The van der Waals surface area contributed by atoms with Gasteiger partial charge in [0.2, 0.25) is 0 Å². The lowest BCUT2D eigenvalue weighted by Gasteiger charge is -2.22. The Labute approximate surface area is 179 Å². The number of rotatable bonds is 4. The largest absolute Gasteiger partial charge is 0.336 e. The molecule has 5 rings (SSSR count). The van der Waals surface area contributed by atoms with Crippen molar-refractivity contribution in [1.29, 1.82) is 5.26 Å². The number of nitrogens with zero attached hydrogens (tertiary/aromatic N) is 5. The van der Waals surface area contributed by atoms with Crippen LogP contribution in [0.2, 0.25) is 0 Å². The second-order valence-electron chi connectivity index (χ2n) is 8.15. The van der Waals surface area contributed by atoms with Gasteiger partial charge in [0.25, 0.3) is 5.91 Å². The number of hydrogen-bond donors (Lipinski definition) is 1. The van der Waals surface area contributed by atoms with E-state index in [4.69, 9.17) is 0 Å². The Morgan fingerprint density at radius 3 is 2.90 bits per heavy atom. The van der Waals surface area contributed by atoms with Crippen LogP contribution in [0, 0.1) is 17.2 Å². The maximum atomic E-state index is 13.1. The number of fused-ring (bicyclic) bond motifs is 1. The van der Waals surface area contributed by atoms with E-state index in [1.807, 2.05) is 28.2 Å². The molecule has 1 aliphatic heterocycles. The van der Waals surface area contributed by atoms with Gasteiger partial charge in [-0.3, -0.25) is 14.6 Å². The molecule has 3 heterocycles. The zero-order valence-electron chi connectivity index (χ0n) is 17.2. The van der Waals surface area contributed by atoms with Crippen molar-refractivity contribution in [3.63, 3.8) is 0 Å². The van der Waals surface area contributed by atoms with Gasteiger partial charge in [-0.05, 0) is 49.1 Å². The molecule has 2 aromatic heterocycles. The fourth-order valence-electron chi connectivity index (χ4n) is 4.54. The number of aromatic amines is 1. The predicted molar refractivity (Wildman–Crippen MR) is 117 cm³/mol. The Bertz CT molecular complexity index is 1280. The molecule has 2 aromatic carbocycles. The van der Waals surface area contributed by atoms with Gasteiger partial charge in [-0.2, -0.15) is 15.5 Å². The van der Waals surface area contributed by atoms with E-state index in [2.05, 4.69) is 46.5 Å². The van der Waals surface area contributed by atoms with Crippen LogP contribution in [-0.4, -0.2) is 43.4 Å². The third-order valence-corrected chi connectivity index (χ3v) is 6.10. The maximum Gasteiger partial charge on any atom is 0.255 e. The molecule has 1 saturated heterocycles. The predicted octanol–water partition coefficient (Wildman–Crippen LogP) is 3.85. The highest BCUT2D eigenvalue weighted by molar-refractivity contribution is 5.97. The lowest BCUT2D eigenvalue weighted by molar-refractivity contribution is 0.0741. The first kappa shape index (κ1) is 19.1. The van der Waals surface area contributed by atoms with Gasteiger partial charge in [-0.25, -0.2) is 0 Å². The van der Waals surface area contributed by atoms with Crippen molar-refractivity contribution in [1.82, 2.24) is 24.9 Å². The molecule has 0 saturated carbocycles. The maximum absolute atomic E-state index is 13.1. The molecule has 1 N–H and O–H groups in total. The number of carbonyl (C=O) groups is 1. The van der Waals surface area contributed by atoms with E-state index in [0.29, 0.717) is 23.6 Å². The summed E-state index contributed by atoms with van der Waals surface area (Å²) in [6.45, 7) is 3.49. The number of amides is 1. The summed E-state index contributed by atoms with van der Waals surface area (Å²) in [5.41, 5.74) is 4.14. The van der Waals surface area contributed by atoms with Crippen molar-refractivity contribution >= 4 is 16.8 Å². The Hall–Kier alpha value is -3.92. The first-order valence-electron chi connectivity index (χ1n) is 10.4. The molecule has 0 spiro atoms. The van der Waals surface area contributed by atoms with Crippen LogP contribution in [-0.2, 0) is 6.54 Å². The molecule has 154 valence electrons. The second kappa shape index (κ2) is 7.73. The van der Waals surface area contributed by atoms with Gasteiger partial charge < -0.3 is 4.90 Å². The number of carbonyl (C=O) groups excluding carboxylic acids is 1. The fourth-order valence-corrected chi connectivity index (χ4v) is 4.54. The smallest absolute Gasteiger partial charge is 0.255 e. The van der Waals surface area contributed by atoms with Gasteiger partial charge in [-0.1, -0.05) is 18.2 Å². The van der Waals surface area contributed by atoms with Crippen molar-refractivity contribution in [2.75, 3.05) is 6.54 Å². The third kappa shape index (κ3) is 3.46. The number of likely N-dealkylation sites (tertiary alicyclic amines) is 1. The monoisotopic (exact) mass is 410 g/mol. The minimum Gasteiger partial charge on any atom is -0.336 e. The number of aromatic nitrogens is 4. The molecule has 0 bridgehead atoms. The number of H-pyrrole nitrogens is 1. The average Bonchev–Trinajstić information content (AvgIpc) is 3.54. The molecule has 0 radical (unpaired) electrons. The van der Waals surface area contributed by atoms with Gasteiger partial charge in [0.15, 0.2) is 0 Å². The Morgan fingerprint density at radius 2 is 2.10 bits per heavy atom. The summed E-state index contributed by atoms with van der Waals surface area (Å²) in [6.07, 6.45) is 6.49. The van der Waals surface area contributed by atoms with Crippen molar-refractivity contribution in [3.8, 4) is 17.2 Å². The minimum atomic E-state index is -0.0674. The van der Waals surface area contributed by atoms with Crippen LogP contribution in [0.15, 0.2) is 61.1 Å². The molecule has 0 aliphatic carbocycles. The van der Waals surface area contributed by atoms with Crippen LogP contribution < -0.4 is 0 Å². The first-order chi connectivity index (χ1) is 15.1. The number of benzene rings is 2. The van der Waals surface area contributed by atoms with Gasteiger partial charge >= 0.3 is 0 Å². The van der Waals surface area contributed by atoms with E-state index in [-0.39, 0.29) is 11.9 Å². The van der Waals surface area contributed by atoms with Crippen molar-refractivity contribution in [2.24, 2.45) is 5.92 Å². The SMILES string of the molecule is C[C@@H]1C[C@H](Cn2ncc3cc(-c4cn[nH]c4)ccc32)CN1C(=O)c1ccccc1C#N. The number of nitriles is 1. The Kier molecular flexibility index (Phi) is 4.75. The lowest BCUT2D eigenvalue weighted by atomic mass is 10.1. The molecule has 1 aliphatic rings. The molecule has 0 unspecified atom stereocenters. The topological polar surface area (TPSA) is 90.6 Å². The van der Waals surface area contributed by atoms with Crippen LogP contribution in [0.4, 0.5) is 0 Å². The normalized spacial score (nSPS) is 18.4. The quantitative estimate of drug-likeness (QED) is 0.553. The molecule has 31 heavy (non-hydrogen) atoms. The van der Waals surface area contributed by atoms with Crippen LogP contribution >= 0.6 is 0 Å². The molecular formula is C24H22N6O. The molecule has 1 amide bonds. The van der Waals surface area contributed by atoms with E-state index in [1.165, 1.54) is 0 Å². The summed E-state index contributed by atoms with van der Waals surface area (Å²) in [7, 11) is 0. The van der Waals surface area contributed by atoms with Crippen molar-refractivity contribution in [2.45, 2.75) is 25.9 Å². The summed E-state index contributed by atoms with van der Waals surface area (Å²) in [5, 5.41) is 21.9. The Balaban J connectivity index is 1.34. The molecule has 2 atom stereocenters. The zero-order valence-corrected chi connectivity index (χ0v) is 17.2. The summed E-state index contributed by atoms with van der Waals surface area (Å²) < 4.78 is 2.03. The first-order valence-corrected chi connectivity index (χ1v) is 10.4. The van der Waals surface area contributed by atoms with Gasteiger partial charge in [0.05, 0.1) is 35.1 Å². The standard InChI is InChI=1S/C24H22N6O/c1-16-8-17(14-29(16)24(31)22-5-3-2-4-19(22)10-25)15-30-23-7-6-18(9-20(23)13-28-30)21-11-26-27-12-21/h2-7,9,11-13,16-17H,8,14-15H2,1H3,(H,26,27)/t16-,17+/m1/s1. The highest BCUT2D eigenvalue weighted by atomic mass is 16.2. The van der Waals surface area contributed by atoms with Crippen molar-refractivity contribution < 1.29 is 4.79 Å². The number of hydrogen-bond acceptors (Lipinski definition) is 4. The number of nitrogens with one attached hydrogen (secondary N) is 1. The van der Waals surface area contributed by atoms with E-state index >= 15 is 0 Å². The van der Waals surface area contributed by atoms with Crippen LogP contribution in [0.5, 0.6) is 0 Å². The molecular weight excluding hydrogens is 388 g/mol. The second-order valence-corrected chi connectivity index (χ2v) is 8.15. The molecule has 7 heteroatoms. The lowest BCUT2D eigenvalue weighted by Crippen LogP contribution is -2.34. The summed E-state index contributed by atoms with van der Waals surface area (Å²) in [4.78, 5) is 15.0. The molecule has 4 aromatic rings. The highest BCUT2D eigenvalue weighted by Gasteiger charge is 2.34. The fraction of sp³-hybridized carbons (Fsp3) is 0.250. The van der Waals surface area contributed by atoms with Crippen molar-refractivity contribution in [3.05, 3.63) is 72.2 Å².